The third kappa shape index (κ3) is 3.23. The van der Waals surface area contributed by atoms with E-state index in [-0.39, 0.29) is 5.65 Å². The molecule has 0 N–H and O–H groups in total. The molecule has 4 rings (SSSR count). The summed E-state index contributed by atoms with van der Waals surface area (Å²) in [6, 6.07) is 13.6. The number of alkyl halides is 3. The zero-order valence-corrected chi connectivity index (χ0v) is 14.0. The molecule has 0 radical (unpaired) electrons. The number of anilines is 1. The highest BCUT2D eigenvalue weighted by Gasteiger charge is 2.37. The minimum absolute atomic E-state index is 0.0954. The van der Waals surface area contributed by atoms with Crippen molar-refractivity contribution in [3.8, 4) is 0 Å². The number of aromatic nitrogens is 4. The van der Waals surface area contributed by atoms with Crippen LogP contribution in [0, 0.1) is 0 Å². The van der Waals surface area contributed by atoms with Crippen LogP contribution >= 0.6 is 0 Å². The van der Waals surface area contributed by atoms with Gasteiger partial charge in [0.2, 0.25) is 0 Å². The van der Waals surface area contributed by atoms with Crippen molar-refractivity contribution in [1.82, 2.24) is 19.8 Å². The summed E-state index contributed by atoms with van der Waals surface area (Å²) < 4.78 is 39.9. The Morgan fingerprint density at radius 3 is 2.50 bits per heavy atom. The molecule has 26 heavy (non-hydrogen) atoms. The molecule has 1 atom stereocenters. The number of benzene rings is 1. The quantitative estimate of drug-likeness (QED) is 0.694. The average molecular weight is 361 g/mol. The zero-order valence-electron chi connectivity index (χ0n) is 14.0. The van der Waals surface area contributed by atoms with Gasteiger partial charge in [0.25, 0.3) is 5.82 Å². The highest BCUT2D eigenvalue weighted by atomic mass is 19.4. The summed E-state index contributed by atoms with van der Waals surface area (Å²) in [6.45, 7) is 1.52. The fraction of sp³-hybridized carbons (Fsp3) is 0.389. The van der Waals surface area contributed by atoms with Gasteiger partial charge in [-0.2, -0.15) is 17.7 Å². The van der Waals surface area contributed by atoms with Crippen molar-refractivity contribution in [2.24, 2.45) is 0 Å². The second kappa shape index (κ2) is 6.59. The fourth-order valence-electron chi connectivity index (χ4n) is 3.51. The lowest BCUT2D eigenvalue weighted by molar-refractivity contribution is -0.146. The van der Waals surface area contributed by atoms with E-state index in [1.165, 1.54) is 11.6 Å². The third-order valence-electron chi connectivity index (χ3n) is 4.83. The van der Waals surface area contributed by atoms with Crippen LogP contribution < -0.4 is 4.90 Å². The Labute approximate surface area is 148 Å². The molecule has 2 aromatic heterocycles. The Bertz CT molecular complexity index is 891. The monoisotopic (exact) mass is 361 g/mol. The molecule has 8 heteroatoms. The predicted octanol–water partition coefficient (Wildman–Crippen LogP) is 3.92. The molecule has 0 saturated carbocycles. The van der Waals surface area contributed by atoms with E-state index in [1.54, 1.807) is 6.07 Å². The predicted molar refractivity (Wildman–Crippen MR) is 91.0 cm³/mol. The molecule has 1 saturated heterocycles. The lowest BCUT2D eigenvalue weighted by Gasteiger charge is -2.21. The molecule has 1 aliphatic rings. The van der Waals surface area contributed by atoms with Crippen LogP contribution in [0.2, 0.25) is 0 Å². The van der Waals surface area contributed by atoms with Gasteiger partial charge >= 0.3 is 6.18 Å². The van der Waals surface area contributed by atoms with E-state index in [0.29, 0.717) is 11.7 Å². The summed E-state index contributed by atoms with van der Waals surface area (Å²) in [5.41, 5.74) is 1.41. The van der Waals surface area contributed by atoms with Crippen molar-refractivity contribution in [2.45, 2.75) is 31.4 Å². The Kier molecular flexibility index (Phi) is 4.26. The van der Waals surface area contributed by atoms with Crippen molar-refractivity contribution < 1.29 is 13.2 Å². The molecule has 0 spiro atoms. The lowest BCUT2D eigenvalue weighted by Crippen LogP contribution is -2.26. The SMILES string of the molecule is FC(F)(F)c1nnc2ccc(N3CCCC(c4ccccc4)CC3)nn12. The van der Waals surface area contributed by atoms with Gasteiger partial charge in [-0.3, -0.25) is 0 Å². The molecule has 0 bridgehead atoms. The summed E-state index contributed by atoms with van der Waals surface area (Å²) in [4.78, 5) is 2.04. The van der Waals surface area contributed by atoms with Crippen LogP contribution in [0.1, 0.15) is 36.6 Å². The van der Waals surface area contributed by atoms with Gasteiger partial charge in [-0.25, -0.2) is 0 Å². The molecule has 1 aliphatic heterocycles. The molecule has 0 amide bonds. The third-order valence-corrected chi connectivity index (χ3v) is 4.83. The smallest absolute Gasteiger partial charge is 0.355 e. The van der Waals surface area contributed by atoms with Gasteiger partial charge < -0.3 is 4.90 Å². The first-order valence-corrected chi connectivity index (χ1v) is 8.62. The van der Waals surface area contributed by atoms with Gasteiger partial charge in [0, 0.05) is 13.1 Å². The number of rotatable bonds is 2. The van der Waals surface area contributed by atoms with E-state index in [9.17, 15) is 13.2 Å². The number of nitrogens with zero attached hydrogens (tertiary/aromatic N) is 5. The zero-order chi connectivity index (χ0) is 18.1. The van der Waals surface area contributed by atoms with E-state index in [0.717, 1.165) is 36.9 Å². The summed E-state index contributed by atoms with van der Waals surface area (Å²) in [6.07, 6.45) is -1.61. The number of hydrogen-bond donors (Lipinski definition) is 0. The maximum atomic E-state index is 13.1. The van der Waals surface area contributed by atoms with E-state index in [1.807, 2.05) is 23.1 Å². The van der Waals surface area contributed by atoms with E-state index >= 15 is 0 Å². The second-order valence-corrected chi connectivity index (χ2v) is 6.51. The average Bonchev–Trinajstić information content (AvgIpc) is 2.91. The van der Waals surface area contributed by atoms with Crippen molar-refractivity contribution >= 4 is 11.5 Å². The first kappa shape index (κ1) is 16.8. The largest absolute Gasteiger partial charge is 0.453 e. The van der Waals surface area contributed by atoms with Crippen molar-refractivity contribution in [2.75, 3.05) is 18.0 Å². The molecule has 1 fully saturated rings. The summed E-state index contributed by atoms with van der Waals surface area (Å²) >= 11 is 0. The maximum absolute atomic E-state index is 13.1. The maximum Gasteiger partial charge on any atom is 0.453 e. The van der Waals surface area contributed by atoms with Crippen molar-refractivity contribution in [3.05, 3.63) is 53.9 Å². The van der Waals surface area contributed by atoms with Crippen LogP contribution in [-0.2, 0) is 6.18 Å². The highest BCUT2D eigenvalue weighted by molar-refractivity contribution is 5.46. The van der Waals surface area contributed by atoms with Crippen molar-refractivity contribution in [3.63, 3.8) is 0 Å². The number of hydrogen-bond acceptors (Lipinski definition) is 4. The first-order valence-electron chi connectivity index (χ1n) is 8.62. The van der Waals surface area contributed by atoms with Crippen LogP contribution in [0.15, 0.2) is 42.5 Å². The van der Waals surface area contributed by atoms with Crippen LogP contribution in [0.25, 0.3) is 5.65 Å². The molecule has 3 heterocycles. The molecule has 3 aromatic rings. The van der Waals surface area contributed by atoms with Crippen LogP contribution in [-0.4, -0.2) is 32.9 Å². The topological polar surface area (TPSA) is 46.3 Å². The molecule has 1 aromatic carbocycles. The Morgan fingerprint density at radius 2 is 1.73 bits per heavy atom. The molecular formula is C18H18F3N5. The molecular weight excluding hydrogens is 343 g/mol. The Hall–Kier alpha value is -2.64. The minimum atomic E-state index is -4.58. The minimum Gasteiger partial charge on any atom is -0.355 e. The molecule has 136 valence electrons. The molecule has 5 nitrogen and oxygen atoms in total. The van der Waals surface area contributed by atoms with Crippen LogP contribution in [0.5, 0.6) is 0 Å². The van der Waals surface area contributed by atoms with Gasteiger partial charge in [-0.15, -0.1) is 15.3 Å². The van der Waals surface area contributed by atoms with Gasteiger partial charge in [-0.1, -0.05) is 30.3 Å². The fourth-order valence-corrected chi connectivity index (χ4v) is 3.51. The van der Waals surface area contributed by atoms with E-state index in [4.69, 9.17) is 0 Å². The van der Waals surface area contributed by atoms with Crippen molar-refractivity contribution in [1.29, 1.82) is 0 Å². The first-order chi connectivity index (χ1) is 12.5. The highest BCUT2D eigenvalue weighted by Crippen LogP contribution is 2.30. The summed E-state index contributed by atoms with van der Waals surface area (Å²) in [5, 5.41) is 10.9. The van der Waals surface area contributed by atoms with Gasteiger partial charge in [0.1, 0.15) is 5.82 Å². The summed E-state index contributed by atoms with van der Waals surface area (Å²) in [5.74, 6) is -0.103. The lowest BCUT2D eigenvalue weighted by atomic mass is 9.92. The molecule has 0 aliphatic carbocycles. The van der Waals surface area contributed by atoms with Crippen LogP contribution in [0.3, 0.4) is 0 Å². The van der Waals surface area contributed by atoms with Crippen LogP contribution in [0.4, 0.5) is 19.0 Å². The second-order valence-electron chi connectivity index (χ2n) is 6.51. The standard InChI is InChI=1S/C18H18F3N5/c19-18(20,21)17-23-22-15-8-9-16(24-26(15)17)25-11-4-7-14(10-12-25)13-5-2-1-3-6-13/h1-3,5-6,8-9,14H,4,7,10-12H2. The number of fused-ring (bicyclic) bond motifs is 1. The number of halogens is 3. The Morgan fingerprint density at radius 1 is 0.923 bits per heavy atom. The van der Waals surface area contributed by atoms with E-state index in [2.05, 4.69) is 27.4 Å². The van der Waals surface area contributed by atoms with Gasteiger partial charge in [0.05, 0.1) is 0 Å². The Balaban J connectivity index is 1.58. The summed E-state index contributed by atoms with van der Waals surface area (Å²) in [7, 11) is 0. The van der Waals surface area contributed by atoms with Gasteiger partial charge in [0.15, 0.2) is 5.65 Å². The van der Waals surface area contributed by atoms with E-state index < -0.39 is 12.0 Å². The normalized spacial score (nSPS) is 18.9. The van der Waals surface area contributed by atoms with Gasteiger partial charge in [-0.05, 0) is 42.9 Å². The molecule has 1 unspecified atom stereocenters.